The van der Waals surface area contributed by atoms with E-state index in [0.717, 1.165) is 16.5 Å². The number of aliphatic carboxylic acids is 1. The molecule has 2 aromatic rings. The van der Waals surface area contributed by atoms with Crippen LogP contribution in [0.5, 0.6) is 0 Å². The number of hydrogen-bond acceptors (Lipinski definition) is 4. The zero-order valence-corrected chi connectivity index (χ0v) is 11.2. The molecule has 0 amide bonds. The number of ketones is 1. The molecule has 4 nitrogen and oxygen atoms in total. The summed E-state index contributed by atoms with van der Waals surface area (Å²) in [5.41, 5.74) is 0.628. The van der Waals surface area contributed by atoms with Crippen molar-refractivity contribution in [1.82, 2.24) is 0 Å². The van der Waals surface area contributed by atoms with E-state index in [-0.39, 0.29) is 17.1 Å². The number of benzene rings is 2. The van der Waals surface area contributed by atoms with Crippen LogP contribution in [-0.4, -0.2) is 22.6 Å². The summed E-state index contributed by atoms with van der Waals surface area (Å²) in [6.07, 6.45) is 0. The van der Waals surface area contributed by atoms with Crippen LogP contribution < -0.4 is 5.32 Å². The van der Waals surface area contributed by atoms with Crippen LogP contribution in [0.15, 0.2) is 53.1 Å². The summed E-state index contributed by atoms with van der Waals surface area (Å²) in [6.45, 7) is 0. The van der Waals surface area contributed by atoms with Crippen molar-refractivity contribution in [3.8, 4) is 0 Å². The first-order chi connectivity index (χ1) is 9.65. The second-order valence-electron chi connectivity index (χ2n) is 4.41. The van der Waals surface area contributed by atoms with E-state index < -0.39 is 5.97 Å². The quantitative estimate of drug-likeness (QED) is 0.849. The Labute approximate surface area is 119 Å². The molecule has 2 N–H and O–H groups in total. The van der Waals surface area contributed by atoms with Gasteiger partial charge in [0.05, 0.1) is 10.8 Å². The predicted octanol–water partition coefficient (Wildman–Crippen LogP) is 2.86. The number of nitrogens with one attached hydrogen (secondary N) is 1. The van der Waals surface area contributed by atoms with Crippen LogP contribution in [0.2, 0.25) is 0 Å². The maximum atomic E-state index is 11.5. The van der Waals surface area contributed by atoms with E-state index in [4.69, 9.17) is 5.11 Å². The standard InChI is InChI=1S/C15H11NO3S/c17-12-8-20-14(13(12)15(18)19)16-11-6-5-9-3-1-2-4-10(9)7-11/h1-7,16H,8H2,(H,18,19). The molecule has 3 rings (SSSR count). The predicted molar refractivity (Wildman–Crippen MR) is 79.7 cm³/mol. The number of fused-ring (bicyclic) bond motifs is 1. The summed E-state index contributed by atoms with van der Waals surface area (Å²) in [6, 6.07) is 13.7. The molecule has 100 valence electrons. The molecule has 0 aliphatic carbocycles. The van der Waals surface area contributed by atoms with Crippen LogP contribution in [-0.2, 0) is 9.59 Å². The summed E-state index contributed by atoms with van der Waals surface area (Å²) >= 11 is 1.23. The lowest BCUT2D eigenvalue weighted by Gasteiger charge is -2.08. The first-order valence-corrected chi connectivity index (χ1v) is 7.03. The van der Waals surface area contributed by atoms with E-state index in [1.165, 1.54) is 11.8 Å². The number of hydrogen-bond donors (Lipinski definition) is 2. The molecule has 1 aliphatic heterocycles. The SMILES string of the molecule is O=C(O)C1=C(Nc2ccc3ccccc3c2)SCC1=O. The Kier molecular flexibility index (Phi) is 3.20. The number of carboxylic acid groups (broad SMARTS) is 1. The van der Waals surface area contributed by atoms with Crippen molar-refractivity contribution in [1.29, 1.82) is 0 Å². The van der Waals surface area contributed by atoms with Crippen LogP contribution >= 0.6 is 11.8 Å². The molecule has 0 saturated heterocycles. The Morgan fingerprint density at radius 1 is 1.15 bits per heavy atom. The third kappa shape index (κ3) is 2.28. The Morgan fingerprint density at radius 2 is 1.90 bits per heavy atom. The van der Waals surface area contributed by atoms with Crippen LogP contribution in [0.3, 0.4) is 0 Å². The molecule has 0 fully saturated rings. The minimum Gasteiger partial charge on any atom is -0.477 e. The molecule has 20 heavy (non-hydrogen) atoms. The highest BCUT2D eigenvalue weighted by Gasteiger charge is 2.29. The van der Waals surface area contributed by atoms with Gasteiger partial charge in [0.25, 0.3) is 0 Å². The van der Waals surface area contributed by atoms with Gasteiger partial charge in [-0.15, -0.1) is 0 Å². The first-order valence-electron chi connectivity index (χ1n) is 6.04. The van der Waals surface area contributed by atoms with Gasteiger partial charge in [-0.25, -0.2) is 4.79 Å². The first kappa shape index (κ1) is 12.7. The maximum Gasteiger partial charge on any atom is 0.342 e. The van der Waals surface area contributed by atoms with Crippen molar-refractivity contribution >= 4 is 40.0 Å². The fourth-order valence-corrected chi connectivity index (χ4v) is 3.08. The number of Topliss-reactive ketones (excluding diaryl/α,β-unsaturated/α-hetero) is 1. The van der Waals surface area contributed by atoms with E-state index in [2.05, 4.69) is 5.32 Å². The summed E-state index contributed by atoms with van der Waals surface area (Å²) in [7, 11) is 0. The third-order valence-corrected chi connectivity index (χ3v) is 4.08. The molecule has 0 aromatic heterocycles. The molecular formula is C15H11NO3S. The number of carbonyl (C=O) groups is 2. The van der Waals surface area contributed by atoms with Crippen molar-refractivity contribution in [2.24, 2.45) is 0 Å². The summed E-state index contributed by atoms with van der Waals surface area (Å²) in [5.74, 6) is -1.34. The highest BCUT2D eigenvalue weighted by atomic mass is 32.2. The molecule has 1 heterocycles. The average Bonchev–Trinajstić information content (AvgIpc) is 2.79. The van der Waals surface area contributed by atoms with Gasteiger partial charge in [-0.2, -0.15) is 0 Å². The number of rotatable bonds is 3. The van der Waals surface area contributed by atoms with Gasteiger partial charge in [-0.1, -0.05) is 42.1 Å². The van der Waals surface area contributed by atoms with Crippen molar-refractivity contribution in [2.45, 2.75) is 0 Å². The molecule has 0 atom stereocenters. The van der Waals surface area contributed by atoms with Crippen molar-refractivity contribution in [3.63, 3.8) is 0 Å². The zero-order valence-electron chi connectivity index (χ0n) is 10.4. The minimum absolute atomic E-state index is 0.150. The largest absolute Gasteiger partial charge is 0.477 e. The van der Waals surface area contributed by atoms with Crippen LogP contribution in [0.1, 0.15) is 0 Å². The average molecular weight is 285 g/mol. The highest BCUT2D eigenvalue weighted by molar-refractivity contribution is 8.04. The lowest BCUT2D eigenvalue weighted by molar-refractivity contribution is -0.134. The molecule has 2 aromatic carbocycles. The maximum absolute atomic E-state index is 11.5. The number of anilines is 1. The van der Waals surface area contributed by atoms with Gasteiger partial charge in [0.1, 0.15) is 5.57 Å². The number of carboxylic acids is 1. The van der Waals surface area contributed by atoms with Gasteiger partial charge < -0.3 is 10.4 Å². The molecule has 0 bridgehead atoms. The van der Waals surface area contributed by atoms with Crippen LogP contribution in [0.25, 0.3) is 10.8 Å². The van der Waals surface area contributed by atoms with Gasteiger partial charge in [-0.3, -0.25) is 4.79 Å². The minimum atomic E-state index is -1.18. The lowest BCUT2D eigenvalue weighted by atomic mass is 10.1. The second-order valence-corrected chi connectivity index (χ2v) is 5.39. The van der Waals surface area contributed by atoms with Crippen molar-refractivity contribution in [2.75, 3.05) is 11.1 Å². The van der Waals surface area contributed by atoms with Gasteiger partial charge in [-0.05, 0) is 22.9 Å². The molecule has 0 radical (unpaired) electrons. The third-order valence-electron chi connectivity index (χ3n) is 3.07. The number of thioether (sulfide) groups is 1. The van der Waals surface area contributed by atoms with Gasteiger partial charge in [0.15, 0.2) is 5.78 Å². The normalized spacial score (nSPS) is 14.9. The summed E-state index contributed by atoms with van der Waals surface area (Å²) < 4.78 is 0. The van der Waals surface area contributed by atoms with Crippen LogP contribution in [0, 0.1) is 0 Å². The van der Waals surface area contributed by atoms with Crippen LogP contribution in [0.4, 0.5) is 5.69 Å². The fraction of sp³-hybridized carbons (Fsp3) is 0.0667. The Bertz CT molecular complexity index is 752. The van der Waals surface area contributed by atoms with Gasteiger partial charge in [0, 0.05) is 5.69 Å². The Hall–Kier alpha value is -2.27. The van der Waals surface area contributed by atoms with Crippen molar-refractivity contribution in [3.05, 3.63) is 53.1 Å². The topological polar surface area (TPSA) is 66.4 Å². The monoisotopic (exact) mass is 285 g/mol. The lowest BCUT2D eigenvalue weighted by Crippen LogP contribution is -2.12. The molecule has 0 unspecified atom stereocenters. The van der Waals surface area contributed by atoms with Crippen molar-refractivity contribution < 1.29 is 14.7 Å². The summed E-state index contributed by atoms with van der Waals surface area (Å²) in [4.78, 5) is 22.6. The van der Waals surface area contributed by atoms with E-state index in [0.29, 0.717) is 5.03 Å². The molecular weight excluding hydrogens is 274 g/mol. The van der Waals surface area contributed by atoms with E-state index >= 15 is 0 Å². The van der Waals surface area contributed by atoms with E-state index in [1.807, 2.05) is 42.5 Å². The Morgan fingerprint density at radius 3 is 2.65 bits per heavy atom. The van der Waals surface area contributed by atoms with E-state index in [9.17, 15) is 9.59 Å². The second kappa shape index (κ2) is 5.02. The highest BCUT2D eigenvalue weighted by Crippen LogP contribution is 2.31. The van der Waals surface area contributed by atoms with Gasteiger partial charge >= 0.3 is 5.97 Å². The summed E-state index contributed by atoms with van der Waals surface area (Å²) in [5, 5.41) is 14.7. The molecule has 0 saturated carbocycles. The van der Waals surface area contributed by atoms with Gasteiger partial charge in [0.2, 0.25) is 0 Å². The molecule has 5 heteroatoms. The fourth-order valence-electron chi connectivity index (χ4n) is 2.12. The number of carbonyl (C=O) groups excluding carboxylic acids is 1. The smallest absolute Gasteiger partial charge is 0.342 e. The Balaban J connectivity index is 1.97. The van der Waals surface area contributed by atoms with E-state index in [1.54, 1.807) is 0 Å². The molecule has 0 spiro atoms. The molecule has 1 aliphatic rings. The zero-order chi connectivity index (χ0) is 14.1.